The molecule has 0 rings (SSSR count). The summed E-state index contributed by atoms with van der Waals surface area (Å²) in [5.41, 5.74) is 0. The van der Waals surface area contributed by atoms with E-state index in [9.17, 15) is 14.4 Å². The predicted molar refractivity (Wildman–Crippen MR) is 329 cm³/mol. The molecular weight excluding hydrogens is 937 g/mol. The number of allylic oxidation sites excluding steroid dienone is 28. The normalized spacial score (nSPS) is 13.4. The third-order valence-electron chi connectivity index (χ3n) is 11.9. The molecule has 0 aliphatic carbocycles. The van der Waals surface area contributed by atoms with Gasteiger partial charge in [-0.2, -0.15) is 0 Å². The molecule has 0 fully saturated rings. The Morgan fingerprint density at radius 3 is 0.855 bits per heavy atom. The standard InChI is InChI=1S/C70H108O6/c1-4-7-10-13-16-19-22-24-26-28-30-32-34-35-37-38-40-42-44-46-48-51-54-57-60-63-69(72)75-66-67(65-74-68(71)62-59-56-53-50-21-18-15-12-9-6-3)76-70(73)64-61-58-55-52-49-47-45-43-41-39-36-33-31-29-27-25-23-20-17-14-11-8-5-2/h7-8,10-12,15-17,19-20,24-27,30-33,35,37,39-42,45,47,52,55,67H,4-6,9,13-14,18,21-23,28-29,34,36,38,43-44,46,48-51,53-54,56-66H2,1-3H3/b10-7-,11-8-,15-12-,19-16-,20-17-,26-24-,27-25-,32-30-,33-31-,37-35-,41-39-,42-40-,47-45-,55-52-. The van der Waals surface area contributed by atoms with E-state index in [-0.39, 0.29) is 37.5 Å². The molecule has 424 valence electrons. The molecule has 6 heteroatoms. The monoisotopic (exact) mass is 1040 g/mol. The van der Waals surface area contributed by atoms with Gasteiger partial charge in [-0.3, -0.25) is 14.4 Å². The van der Waals surface area contributed by atoms with Crippen LogP contribution in [0.4, 0.5) is 0 Å². The molecule has 0 heterocycles. The first-order valence-corrected chi connectivity index (χ1v) is 30.1. The van der Waals surface area contributed by atoms with E-state index in [0.29, 0.717) is 19.3 Å². The molecule has 76 heavy (non-hydrogen) atoms. The molecule has 0 aliphatic heterocycles. The summed E-state index contributed by atoms with van der Waals surface area (Å²) in [5, 5.41) is 0. The predicted octanol–water partition coefficient (Wildman–Crippen LogP) is 20.7. The zero-order valence-corrected chi connectivity index (χ0v) is 48.4. The number of rotatable bonds is 52. The number of unbranched alkanes of at least 4 members (excludes halogenated alkanes) is 13. The first-order valence-electron chi connectivity index (χ1n) is 30.1. The SMILES string of the molecule is CC/C=C\C/C=C\C/C=C\C/C=C\C/C=C\C/C=C\C/C=C\CCCC(=O)OC(COC(=O)CCCCCCC/C=C\CCC)COC(=O)CCCCCCCC/C=C\C/C=C\C/C=C\C/C=C\C/C=C\C/C=C\CC. The van der Waals surface area contributed by atoms with Gasteiger partial charge in [0.1, 0.15) is 13.2 Å². The van der Waals surface area contributed by atoms with Gasteiger partial charge in [0, 0.05) is 19.3 Å². The topological polar surface area (TPSA) is 78.9 Å². The number of ether oxygens (including phenoxy) is 3. The highest BCUT2D eigenvalue weighted by atomic mass is 16.6. The highest BCUT2D eigenvalue weighted by Gasteiger charge is 2.19. The molecule has 0 aliphatic rings. The van der Waals surface area contributed by atoms with Gasteiger partial charge in [-0.05, 0) is 141 Å². The summed E-state index contributed by atoms with van der Waals surface area (Å²) in [4.78, 5) is 38.1. The minimum absolute atomic E-state index is 0.119. The van der Waals surface area contributed by atoms with Crippen molar-refractivity contribution >= 4 is 17.9 Å². The van der Waals surface area contributed by atoms with Crippen molar-refractivity contribution < 1.29 is 28.6 Å². The van der Waals surface area contributed by atoms with Crippen LogP contribution in [0.3, 0.4) is 0 Å². The van der Waals surface area contributed by atoms with Crippen molar-refractivity contribution in [3.05, 3.63) is 170 Å². The van der Waals surface area contributed by atoms with E-state index in [1.165, 1.54) is 25.7 Å². The van der Waals surface area contributed by atoms with E-state index in [1.807, 2.05) is 0 Å². The van der Waals surface area contributed by atoms with Gasteiger partial charge in [0.15, 0.2) is 6.10 Å². The Morgan fingerprint density at radius 1 is 0.276 bits per heavy atom. The minimum atomic E-state index is -0.828. The summed E-state index contributed by atoms with van der Waals surface area (Å²) < 4.78 is 16.8. The number of carbonyl (C=O) groups is 3. The van der Waals surface area contributed by atoms with Gasteiger partial charge < -0.3 is 14.2 Å². The van der Waals surface area contributed by atoms with Gasteiger partial charge >= 0.3 is 17.9 Å². The zero-order chi connectivity index (χ0) is 55.0. The highest BCUT2D eigenvalue weighted by Crippen LogP contribution is 2.13. The van der Waals surface area contributed by atoms with Crippen LogP contribution in [-0.4, -0.2) is 37.2 Å². The van der Waals surface area contributed by atoms with Crippen LogP contribution in [-0.2, 0) is 28.6 Å². The smallest absolute Gasteiger partial charge is 0.306 e. The van der Waals surface area contributed by atoms with Gasteiger partial charge in [-0.15, -0.1) is 0 Å². The van der Waals surface area contributed by atoms with E-state index in [0.717, 1.165) is 161 Å². The second kappa shape index (κ2) is 62.3. The second-order valence-corrected chi connectivity index (χ2v) is 19.1. The van der Waals surface area contributed by atoms with Gasteiger partial charge in [0.2, 0.25) is 0 Å². The summed E-state index contributed by atoms with van der Waals surface area (Å²) >= 11 is 0. The fourth-order valence-electron chi connectivity index (χ4n) is 7.49. The quantitative estimate of drug-likeness (QED) is 0.0261. The summed E-state index contributed by atoms with van der Waals surface area (Å²) in [6.45, 7) is 6.26. The Bertz CT molecular complexity index is 1770. The van der Waals surface area contributed by atoms with Crippen molar-refractivity contribution in [3.8, 4) is 0 Å². The van der Waals surface area contributed by atoms with Crippen molar-refractivity contribution in [1.82, 2.24) is 0 Å². The zero-order valence-electron chi connectivity index (χ0n) is 48.4. The molecule has 6 nitrogen and oxygen atoms in total. The fourth-order valence-corrected chi connectivity index (χ4v) is 7.49. The molecule has 0 aromatic rings. The maximum atomic E-state index is 12.9. The highest BCUT2D eigenvalue weighted by molar-refractivity contribution is 5.71. The molecule has 0 saturated heterocycles. The van der Waals surface area contributed by atoms with Crippen LogP contribution in [0.5, 0.6) is 0 Å². The van der Waals surface area contributed by atoms with Gasteiger partial charge in [-0.25, -0.2) is 0 Å². The Balaban J connectivity index is 4.46. The molecule has 0 aromatic heterocycles. The molecule has 1 unspecified atom stereocenters. The summed E-state index contributed by atoms with van der Waals surface area (Å²) in [6.07, 6.45) is 92.2. The molecule has 0 N–H and O–H groups in total. The van der Waals surface area contributed by atoms with Gasteiger partial charge in [-0.1, -0.05) is 242 Å². The molecule has 1 atom stereocenters. The third kappa shape index (κ3) is 59.6. The van der Waals surface area contributed by atoms with Crippen LogP contribution in [0.25, 0.3) is 0 Å². The lowest BCUT2D eigenvalue weighted by atomic mass is 10.1. The Labute approximate surface area is 466 Å². The van der Waals surface area contributed by atoms with E-state index >= 15 is 0 Å². The summed E-state index contributed by atoms with van der Waals surface area (Å²) in [7, 11) is 0. The van der Waals surface area contributed by atoms with Gasteiger partial charge in [0.25, 0.3) is 0 Å². The number of hydrogen-bond acceptors (Lipinski definition) is 6. The summed E-state index contributed by atoms with van der Waals surface area (Å²) in [5.74, 6) is -1.01. The van der Waals surface area contributed by atoms with Crippen molar-refractivity contribution in [3.63, 3.8) is 0 Å². The van der Waals surface area contributed by atoms with Gasteiger partial charge in [0.05, 0.1) is 0 Å². The van der Waals surface area contributed by atoms with Crippen LogP contribution in [0, 0.1) is 0 Å². The van der Waals surface area contributed by atoms with Crippen molar-refractivity contribution in [2.45, 2.75) is 239 Å². The number of esters is 3. The van der Waals surface area contributed by atoms with Crippen LogP contribution in [0.1, 0.15) is 233 Å². The maximum Gasteiger partial charge on any atom is 0.306 e. The van der Waals surface area contributed by atoms with E-state index < -0.39 is 6.10 Å². The van der Waals surface area contributed by atoms with Crippen LogP contribution < -0.4 is 0 Å². The fraction of sp³-hybridized carbons (Fsp3) is 0.557. The lowest BCUT2D eigenvalue weighted by Crippen LogP contribution is -2.30. The molecule has 0 spiro atoms. The number of hydrogen-bond donors (Lipinski definition) is 0. The molecule has 0 aromatic carbocycles. The van der Waals surface area contributed by atoms with E-state index in [4.69, 9.17) is 14.2 Å². The molecule has 0 radical (unpaired) electrons. The molecule has 0 amide bonds. The van der Waals surface area contributed by atoms with E-state index in [1.54, 1.807) is 0 Å². The lowest BCUT2D eigenvalue weighted by Gasteiger charge is -2.18. The molecular formula is C70H108O6. The van der Waals surface area contributed by atoms with Crippen LogP contribution in [0.2, 0.25) is 0 Å². The lowest BCUT2D eigenvalue weighted by molar-refractivity contribution is -0.167. The first-order chi connectivity index (χ1) is 37.5. The minimum Gasteiger partial charge on any atom is -0.462 e. The first kappa shape index (κ1) is 70.8. The Kier molecular flexibility index (Phi) is 58.0. The Morgan fingerprint density at radius 2 is 0.526 bits per heavy atom. The largest absolute Gasteiger partial charge is 0.462 e. The van der Waals surface area contributed by atoms with Crippen molar-refractivity contribution in [1.29, 1.82) is 0 Å². The average molecular weight is 1050 g/mol. The second-order valence-electron chi connectivity index (χ2n) is 19.1. The van der Waals surface area contributed by atoms with Crippen LogP contribution in [0.15, 0.2) is 170 Å². The summed E-state index contributed by atoms with van der Waals surface area (Å²) in [6, 6.07) is 0. The molecule has 0 bridgehead atoms. The third-order valence-corrected chi connectivity index (χ3v) is 11.9. The van der Waals surface area contributed by atoms with Crippen LogP contribution >= 0.6 is 0 Å². The molecule has 0 saturated carbocycles. The number of carbonyl (C=O) groups excluding carboxylic acids is 3. The van der Waals surface area contributed by atoms with Crippen molar-refractivity contribution in [2.24, 2.45) is 0 Å². The maximum absolute atomic E-state index is 12.9. The average Bonchev–Trinajstić information content (AvgIpc) is 3.42. The van der Waals surface area contributed by atoms with E-state index in [2.05, 4.69) is 191 Å². The Hall–Kier alpha value is -5.23. The van der Waals surface area contributed by atoms with Crippen molar-refractivity contribution in [2.75, 3.05) is 13.2 Å².